The zero-order valence-corrected chi connectivity index (χ0v) is 10.2. The minimum absolute atomic E-state index is 0.285. The van der Waals surface area contributed by atoms with Gasteiger partial charge in [-0.15, -0.1) is 0 Å². The standard InChI is InChI=1S/C11H16FN5/c1-4-7(6(2)3)15-9-8-10(14-5-13-9)17-11(12)16-8/h5-7H,4H2,1-3H3,(H2,13,14,15,16,17). The van der Waals surface area contributed by atoms with Crippen LogP contribution in [0.2, 0.25) is 0 Å². The molecule has 2 aromatic rings. The maximum absolute atomic E-state index is 13.0. The lowest BCUT2D eigenvalue weighted by Crippen LogP contribution is -2.25. The summed E-state index contributed by atoms with van der Waals surface area (Å²) in [5, 5.41) is 3.28. The number of halogens is 1. The Morgan fingerprint density at radius 1 is 1.41 bits per heavy atom. The van der Waals surface area contributed by atoms with E-state index in [1.165, 1.54) is 6.33 Å². The van der Waals surface area contributed by atoms with Crippen LogP contribution >= 0.6 is 0 Å². The van der Waals surface area contributed by atoms with E-state index in [1.807, 2.05) is 0 Å². The highest BCUT2D eigenvalue weighted by molar-refractivity contribution is 5.82. The first-order chi connectivity index (χ1) is 8.11. The molecule has 0 aliphatic carbocycles. The van der Waals surface area contributed by atoms with Gasteiger partial charge in [0, 0.05) is 6.04 Å². The summed E-state index contributed by atoms with van der Waals surface area (Å²) in [5.74, 6) is 1.05. The Morgan fingerprint density at radius 2 is 2.18 bits per heavy atom. The minimum atomic E-state index is -0.638. The fraction of sp³-hybridized carbons (Fsp3) is 0.545. The topological polar surface area (TPSA) is 66.5 Å². The molecule has 0 amide bonds. The van der Waals surface area contributed by atoms with Gasteiger partial charge in [0.15, 0.2) is 17.0 Å². The van der Waals surface area contributed by atoms with Crippen molar-refractivity contribution in [2.45, 2.75) is 33.2 Å². The fourth-order valence-corrected chi connectivity index (χ4v) is 1.82. The van der Waals surface area contributed by atoms with Crippen molar-refractivity contribution in [3.8, 4) is 0 Å². The third-order valence-electron chi connectivity index (χ3n) is 2.82. The van der Waals surface area contributed by atoms with Crippen LogP contribution in [0.5, 0.6) is 0 Å². The normalized spacial score (nSPS) is 13.2. The third-order valence-corrected chi connectivity index (χ3v) is 2.82. The Morgan fingerprint density at radius 3 is 2.82 bits per heavy atom. The molecule has 0 aliphatic rings. The van der Waals surface area contributed by atoms with Gasteiger partial charge < -0.3 is 5.32 Å². The maximum atomic E-state index is 13.0. The lowest BCUT2D eigenvalue weighted by molar-refractivity contribution is 0.510. The van der Waals surface area contributed by atoms with E-state index in [4.69, 9.17) is 0 Å². The molecule has 0 saturated heterocycles. The number of aromatic amines is 1. The van der Waals surface area contributed by atoms with Gasteiger partial charge in [0.05, 0.1) is 0 Å². The summed E-state index contributed by atoms with van der Waals surface area (Å²) in [6.07, 6.45) is 1.73. The summed E-state index contributed by atoms with van der Waals surface area (Å²) < 4.78 is 13.0. The van der Waals surface area contributed by atoms with Crippen LogP contribution in [0.4, 0.5) is 10.2 Å². The summed E-state index contributed by atoms with van der Waals surface area (Å²) in [5.41, 5.74) is 0.864. The Bertz CT molecular complexity index is 508. The highest BCUT2D eigenvalue weighted by Crippen LogP contribution is 2.19. The second kappa shape index (κ2) is 4.65. The van der Waals surface area contributed by atoms with E-state index in [0.717, 1.165) is 6.42 Å². The van der Waals surface area contributed by atoms with Gasteiger partial charge in [0.2, 0.25) is 0 Å². The molecule has 0 saturated carbocycles. The number of fused-ring (bicyclic) bond motifs is 1. The van der Waals surface area contributed by atoms with Gasteiger partial charge in [-0.1, -0.05) is 20.8 Å². The molecule has 1 unspecified atom stereocenters. The number of anilines is 1. The quantitative estimate of drug-likeness (QED) is 0.801. The van der Waals surface area contributed by atoms with Gasteiger partial charge in [0.1, 0.15) is 6.33 Å². The monoisotopic (exact) mass is 237 g/mol. The average Bonchev–Trinajstić information content (AvgIpc) is 2.66. The number of nitrogens with one attached hydrogen (secondary N) is 2. The van der Waals surface area contributed by atoms with Crippen molar-refractivity contribution in [1.82, 2.24) is 19.9 Å². The molecule has 5 nitrogen and oxygen atoms in total. The van der Waals surface area contributed by atoms with Crippen LogP contribution in [-0.4, -0.2) is 26.0 Å². The Labute approximate surface area is 98.9 Å². The largest absolute Gasteiger partial charge is 0.365 e. The van der Waals surface area contributed by atoms with Crippen LogP contribution in [0.3, 0.4) is 0 Å². The molecule has 17 heavy (non-hydrogen) atoms. The van der Waals surface area contributed by atoms with E-state index in [9.17, 15) is 4.39 Å². The minimum Gasteiger partial charge on any atom is -0.365 e. The molecule has 1 atom stereocenters. The second-order valence-electron chi connectivity index (χ2n) is 4.35. The fourth-order valence-electron chi connectivity index (χ4n) is 1.82. The number of hydrogen-bond donors (Lipinski definition) is 2. The van der Waals surface area contributed by atoms with Crippen LogP contribution < -0.4 is 5.32 Å². The Hall–Kier alpha value is -1.72. The second-order valence-corrected chi connectivity index (χ2v) is 4.35. The predicted octanol–water partition coefficient (Wildman–Crippen LogP) is 2.34. The van der Waals surface area contributed by atoms with E-state index in [0.29, 0.717) is 22.9 Å². The zero-order chi connectivity index (χ0) is 12.4. The Balaban J connectivity index is 2.34. The molecule has 0 bridgehead atoms. The van der Waals surface area contributed by atoms with Crippen LogP contribution in [0.1, 0.15) is 27.2 Å². The predicted molar refractivity (Wildman–Crippen MR) is 64.2 cm³/mol. The van der Waals surface area contributed by atoms with E-state index < -0.39 is 6.08 Å². The number of aromatic nitrogens is 4. The maximum Gasteiger partial charge on any atom is 0.288 e. The summed E-state index contributed by atoms with van der Waals surface area (Å²) in [6.45, 7) is 6.36. The van der Waals surface area contributed by atoms with E-state index in [2.05, 4.69) is 46.0 Å². The van der Waals surface area contributed by atoms with Gasteiger partial charge in [-0.2, -0.15) is 9.37 Å². The van der Waals surface area contributed by atoms with Crippen molar-refractivity contribution in [2.75, 3.05) is 5.32 Å². The smallest absolute Gasteiger partial charge is 0.288 e. The molecular formula is C11H16FN5. The van der Waals surface area contributed by atoms with Crippen molar-refractivity contribution >= 4 is 17.0 Å². The molecule has 2 rings (SSSR count). The van der Waals surface area contributed by atoms with E-state index in [-0.39, 0.29) is 6.04 Å². The molecule has 92 valence electrons. The zero-order valence-electron chi connectivity index (χ0n) is 10.2. The molecule has 0 aromatic carbocycles. The molecule has 0 aliphatic heterocycles. The molecule has 0 spiro atoms. The van der Waals surface area contributed by atoms with Gasteiger partial charge in [-0.3, -0.25) is 4.98 Å². The molecule has 6 heteroatoms. The summed E-state index contributed by atoms with van der Waals surface area (Å²) in [7, 11) is 0. The summed E-state index contributed by atoms with van der Waals surface area (Å²) in [6, 6.07) is 0.285. The third kappa shape index (κ3) is 2.35. The number of rotatable bonds is 4. The van der Waals surface area contributed by atoms with Crippen molar-refractivity contribution in [1.29, 1.82) is 0 Å². The lowest BCUT2D eigenvalue weighted by atomic mass is 10.0. The molecule has 2 heterocycles. The number of hydrogen-bond acceptors (Lipinski definition) is 4. The van der Waals surface area contributed by atoms with Gasteiger partial charge in [-0.05, 0) is 12.3 Å². The number of H-pyrrole nitrogens is 1. The van der Waals surface area contributed by atoms with Crippen LogP contribution in [-0.2, 0) is 0 Å². The summed E-state index contributed by atoms with van der Waals surface area (Å²) in [4.78, 5) is 14.3. The molecule has 0 fully saturated rings. The van der Waals surface area contributed by atoms with E-state index in [1.54, 1.807) is 0 Å². The van der Waals surface area contributed by atoms with Crippen molar-refractivity contribution in [3.05, 3.63) is 12.4 Å². The highest BCUT2D eigenvalue weighted by Gasteiger charge is 2.15. The SMILES string of the molecule is CCC(Nc1ncnc2[nH]c(F)nc12)C(C)C. The van der Waals surface area contributed by atoms with E-state index >= 15 is 0 Å². The van der Waals surface area contributed by atoms with Crippen LogP contribution in [0, 0.1) is 12.0 Å². The van der Waals surface area contributed by atoms with Crippen LogP contribution in [0.15, 0.2) is 6.33 Å². The van der Waals surface area contributed by atoms with Gasteiger partial charge in [-0.25, -0.2) is 9.97 Å². The first-order valence-electron chi connectivity index (χ1n) is 5.74. The number of nitrogens with zero attached hydrogens (tertiary/aromatic N) is 3. The lowest BCUT2D eigenvalue weighted by Gasteiger charge is -2.21. The Kier molecular flexibility index (Phi) is 3.21. The molecule has 2 N–H and O–H groups in total. The van der Waals surface area contributed by atoms with Crippen molar-refractivity contribution in [2.24, 2.45) is 5.92 Å². The van der Waals surface area contributed by atoms with Crippen LogP contribution in [0.25, 0.3) is 11.2 Å². The first kappa shape index (κ1) is 11.8. The summed E-state index contributed by atoms with van der Waals surface area (Å²) >= 11 is 0. The van der Waals surface area contributed by atoms with Crippen molar-refractivity contribution < 1.29 is 4.39 Å². The van der Waals surface area contributed by atoms with Crippen molar-refractivity contribution in [3.63, 3.8) is 0 Å². The number of imidazole rings is 1. The highest BCUT2D eigenvalue weighted by atomic mass is 19.1. The average molecular weight is 237 g/mol. The first-order valence-corrected chi connectivity index (χ1v) is 5.74. The van der Waals surface area contributed by atoms with Gasteiger partial charge >= 0.3 is 0 Å². The molecule has 2 aromatic heterocycles. The van der Waals surface area contributed by atoms with Gasteiger partial charge in [0.25, 0.3) is 6.08 Å². The molecular weight excluding hydrogens is 221 g/mol. The molecule has 0 radical (unpaired) electrons.